The molecule has 1 aromatic heterocycles. The summed E-state index contributed by atoms with van der Waals surface area (Å²) in [5.74, 6) is 0. The number of hydrogen-bond donors (Lipinski definition) is 1. The van der Waals surface area contributed by atoms with Gasteiger partial charge in [0.1, 0.15) is 0 Å². The van der Waals surface area contributed by atoms with E-state index in [1.165, 1.54) is 5.69 Å². The van der Waals surface area contributed by atoms with E-state index >= 15 is 0 Å². The van der Waals surface area contributed by atoms with Crippen molar-refractivity contribution < 1.29 is 5.11 Å². The molecule has 80 valence electrons. The third-order valence-corrected chi connectivity index (χ3v) is 2.18. The molecule has 1 heterocycles. The summed E-state index contributed by atoms with van der Waals surface area (Å²) in [7, 11) is 0. The van der Waals surface area contributed by atoms with Crippen molar-refractivity contribution in [1.82, 2.24) is 9.78 Å². The summed E-state index contributed by atoms with van der Waals surface area (Å²) in [5.41, 5.74) is 1.61. The van der Waals surface area contributed by atoms with E-state index in [9.17, 15) is 5.11 Å². The largest absolute Gasteiger partial charge is 0.389 e. The molecule has 0 saturated carbocycles. The summed E-state index contributed by atoms with van der Waals surface area (Å²) in [4.78, 5) is 0. The van der Waals surface area contributed by atoms with E-state index in [1.54, 1.807) is 13.8 Å². The van der Waals surface area contributed by atoms with Crippen LogP contribution in [-0.4, -0.2) is 20.5 Å². The molecule has 0 bridgehead atoms. The maximum absolute atomic E-state index is 9.71. The molecule has 0 unspecified atom stereocenters. The molecule has 0 aliphatic heterocycles. The Hall–Kier alpha value is -0.830. The molecule has 0 aliphatic rings. The highest BCUT2D eigenvalue weighted by Gasteiger charge is 2.16. The molecule has 0 aromatic carbocycles. The van der Waals surface area contributed by atoms with Gasteiger partial charge in [-0.2, -0.15) is 5.10 Å². The van der Waals surface area contributed by atoms with Gasteiger partial charge in [0.25, 0.3) is 0 Å². The summed E-state index contributed by atoms with van der Waals surface area (Å²) in [5, 5.41) is 14.2. The molecule has 3 nitrogen and oxygen atoms in total. The lowest BCUT2D eigenvalue weighted by Crippen LogP contribution is -2.27. The van der Waals surface area contributed by atoms with Crippen molar-refractivity contribution in [1.29, 1.82) is 0 Å². The van der Waals surface area contributed by atoms with Crippen LogP contribution in [0.4, 0.5) is 0 Å². The number of aliphatic hydroxyl groups is 1. The van der Waals surface area contributed by atoms with E-state index in [0.717, 1.165) is 18.5 Å². The molecule has 0 atom stereocenters. The summed E-state index contributed by atoms with van der Waals surface area (Å²) in [6, 6.07) is 2.12. The number of aryl methyl sites for hydroxylation is 2. The van der Waals surface area contributed by atoms with Gasteiger partial charge in [0.15, 0.2) is 0 Å². The second-order valence-electron chi connectivity index (χ2n) is 4.30. The van der Waals surface area contributed by atoms with Crippen molar-refractivity contribution in [3.63, 3.8) is 0 Å². The molecule has 1 rings (SSSR count). The monoisotopic (exact) mass is 196 g/mol. The number of aromatic nitrogens is 2. The minimum absolute atomic E-state index is 0.566. The topological polar surface area (TPSA) is 38.0 Å². The third kappa shape index (κ3) is 2.84. The van der Waals surface area contributed by atoms with Crippen molar-refractivity contribution in [3.05, 3.63) is 17.5 Å². The lowest BCUT2D eigenvalue weighted by molar-refractivity contribution is 0.0567. The Kier molecular flexibility index (Phi) is 3.32. The number of rotatable bonds is 4. The van der Waals surface area contributed by atoms with Crippen LogP contribution in [-0.2, 0) is 19.4 Å². The molecule has 0 spiro atoms. The molecule has 3 heteroatoms. The van der Waals surface area contributed by atoms with Gasteiger partial charge in [0, 0.05) is 5.69 Å². The van der Waals surface area contributed by atoms with Gasteiger partial charge < -0.3 is 5.11 Å². The zero-order chi connectivity index (χ0) is 10.8. The van der Waals surface area contributed by atoms with Crippen LogP contribution in [0.5, 0.6) is 0 Å². The van der Waals surface area contributed by atoms with Crippen molar-refractivity contribution in [3.8, 4) is 0 Å². The highest BCUT2D eigenvalue weighted by Crippen LogP contribution is 2.11. The third-order valence-electron chi connectivity index (χ3n) is 2.18. The quantitative estimate of drug-likeness (QED) is 0.797. The van der Waals surface area contributed by atoms with E-state index < -0.39 is 5.60 Å². The zero-order valence-electron chi connectivity index (χ0n) is 9.54. The minimum Gasteiger partial charge on any atom is -0.389 e. The van der Waals surface area contributed by atoms with Crippen LogP contribution < -0.4 is 0 Å². The Morgan fingerprint density at radius 1 is 1.36 bits per heavy atom. The Bertz CT molecular complexity index is 297. The molecule has 0 amide bonds. The van der Waals surface area contributed by atoms with Gasteiger partial charge in [-0.05, 0) is 32.8 Å². The normalized spacial score (nSPS) is 12.1. The standard InChI is InChI=1S/C11H20N2O/c1-5-9-7-10(6-2)13(12-9)8-11(3,4)14/h7,14H,5-6,8H2,1-4H3. The van der Waals surface area contributed by atoms with Gasteiger partial charge in [-0.25, -0.2) is 0 Å². The van der Waals surface area contributed by atoms with Crippen molar-refractivity contribution in [2.24, 2.45) is 0 Å². The van der Waals surface area contributed by atoms with Crippen LogP contribution in [0.15, 0.2) is 6.07 Å². The molecular formula is C11H20N2O. The lowest BCUT2D eigenvalue weighted by atomic mass is 10.1. The molecule has 14 heavy (non-hydrogen) atoms. The van der Waals surface area contributed by atoms with Crippen LogP contribution in [0, 0.1) is 0 Å². The first-order valence-electron chi connectivity index (χ1n) is 5.24. The molecule has 0 fully saturated rings. The fraction of sp³-hybridized carbons (Fsp3) is 0.727. The molecule has 1 aromatic rings. The fourth-order valence-electron chi connectivity index (χ4n) is 1.48. The lowest BCUT2D eigenvalue weighted by Gasteiger charge is -2.18. The van der Waals surface area contributed by atoms with Gasteiger partial charge in [0.05, 0.1) is 17.8 Å². The summed E-state index contributed by atoms with van der Waals surface area (Å²) in [6.07, 6.45) is 1.91. The second kappa shape index (κ2) is 4.13. The smallest absolute Gasteiger partial charge is 0.0786 e. The molecular weight excluding hydrogens is 176 g/mol. The van der Waals surface area contributed by atoms with Crippen LogP contribution in [0.1, 0.15) is 39.1 Å². The zero-order valence-corrected chi connectivity index (χ0v) is 9.54. The Labute approximate surface area is 85.8 Å². The Morgan fingerprint density at radius 2 is 2.00 bits per heavy atom. The van der Waals surface area contributed by atoms with E-state index in [-0.39, 0.29) is 0 Å². The van der Waals surface area contributed by atoms with Crippen LogP contribution in [0.2, 0.25) is 0 Å². The van der Waals surface area contributed by atoms with Crippen molar-refractivity contribution in [2.75, 3.05) is 0 Å². The predicted octanol–water partition coefficient (Wildman–Crippen LogP) is 1.78. The van der Waals surface area contributed by atoms with Crippen molar-refractivity contribution in [2.45, 2.75) is 52.7 Å². The van der Waals surface area contributed by atoms with Gasteiger partial charge in [-0.15, -0.1) is 0 Å². The van der Waals surface area contributed by atoms with Crippen molar-refractivity contribution >= 4 is 0 Å². The average molecular weight is 196 g/mol. The summed E-state index contributed by atoms with van der Waals surface area (Å²) in [6.45, 7) is 8.38. The van der Waals surface area contributed by atoms with E-state index in [1.807, 2.05) is 4.68 Å². The summed E-state index contributed by atoms with van der Waals surface area (Å²) < 4.78 is 1.92. The highest BCUT2D eigenvalue weighted by atomic mass is 16.3. The average Bonchev–Trinajstić information content (AvgIpc) is 2.44. The van der Waals surface area contributed by atoms with Crippen LogP contribution >= 0.6 is 0 Å². The Morgan fingerprint density at radius 3 is 2.43 bits per heavy atom. The van der Waals surface area contributed by atoms with Gasteiger partial charge in [-0.3, -0.25) is 4.68 Å². The molecule has 0 aliphatic carbocycles. The van der Waals surface area contributed by atoms with Crippen LogP contribution in [0.3, 0.4) is 0 Å². The van der Waals surface area contributed by atoms with E-state index in [0.29, 0.717) is 6.54 Å². The van der Waals surface area contributed by atoms with Gasteiger partial charge >= 0.3 is 0 Å². The number of nitrogens with zero attached hydrogens (tertiary/aromatic N) is 2. The van der Waals surface area contributed by atoms with E-state index in [4.69, 9.17) is 0 Å². The maximum atomic E-state index is 9.71. The highest BCUT2D eigenvalue weighted by molar-refractivity contribution is 5.10. The first kappa shape index (κ1) is 11.2. The van der Waals surface area contributed by atoms with E-state index in [2.05, 4.69) is 25.0 Å². The fourth-order valence-corrected chi connectivity index (χ4v) is 1.48. The second-order valence-corrected chi connectivity index (χ2v) is 4.30. The van der Waals surface area contributed by atoms with Gasteiger partial charge in [0.2, 0.25) is 0 Å². The molecule has 1 N–H and O–H groups in total. The molecule has 0 radical (unpaired) electrons. The maximum Gasteiger partial charge on any atom is 0.0786 e. The molecule has 0 saturated heterocycles. The van der Waals surface area contributed by atoms with Crippen LogP contribution in [0.25, 0.3) is 0 Å². The predicted molar refractivity (Wildman–Crippen MR) is 57.3 cm³/mol. The first-order chi connectivity index (χ1) is 6.46. The Balaban J connectivity index is 2.89. The minimum atomic E-state index is -0.694. The SMILES string of the molecule is CCc1cc(CC)n(CC(C)(C)O)n1. The number of hydrogen-bond acceptors (Lipinski definition) is 2. The summed E-state index contributed by atoms with van der Waals surface area (Å²) >= 11 is 0. The van der Waals surface area contributed by atoms with Gasteiger partial charge in [-0.1, -0.05) is 13.8 Å². The first-order valence-corrected chi connectivity index (χ1v) is 5.24.